The molecule has 0 aliphatic carbocycles. The molecule has 0 saturated carbocycles. The zero-order valence-electron chi connectivity index (χ0n) is 15.5. The number of benzene rings is 1. The van der Waals surface area contributed by atoms with E-state index in [1.807, 2.05) is 0 Å². The molecule has 10 heteroatoms. The Kier molecular flexibility index (Phi) is 5.63. The zero-order valence-corrected chi connectivity index (χ0v) is 15.5. The van der Waals surface area contributed by atoms with E-state index in [0.29, 0.717) is 6.92 Å². The normalized spacial score (nSPS) is 17.0. The molecule has 0 radical (unpaired) electrons. The summed E-state index contributed by atoms with van der Waals surface area (Å²) in [7, 11) is 0. The molecule has 0 bridgehead atoms. The van der Waals surface area contributed by atoms with Crippen molar-refractivity contribution >= 4 is 6.09 Å². The predicted octanol–water partition coefficient (Wildman–Crippen LogP) is 4.94. The molecule has 0 spiro atoms. The minimum Gasteiger partial charge on any atom is -0.444 e. The Hall–Kier alpha value is -2.91. The average Bonchev–Trinajstić information content (AvgIpc) is 2.92. The van der Waals surface area contributed by atoms with Crippen LogP contribution in [0.4, 0.5) is 26.7 Å². The van der Waals surface area contributed by atoms with E-state index in [2.05, 4.69) is 9.72 Å². The van der Waals surface area contributed by atoms with Crippen LogP contribution in [0.1, 0.15) is 25.1 Å². The van der Waals surface area contributed by atoms with E-state index in [-0.39, 0.29) is 35.9 Å². The lowest BCUT2D eigenvalue weighted by Crippen LogP contribution is -2.26. The standard InChI is InChI=1S/C19H17F5N2O3/c1-10-8-26(18(27)28-10)9-13-5-12(7-25-16(13)19(2,23)24)11-3-4-14(20)15(6-11)29-17(21)22/h3-7,10,17H,8-9H2,1-2H3/t10-/m0/s1. The van der Waals surface area contributed by atoms with Crippen molar-refractivity contribution in [2.75, 3.05) is 6.54 Å². The first-order valence-corrected chi connectivity index (χ1v) is 8.62. The Morgan fingerprint density at radius 1 is 1.31 bits per heavy atom. The first-order chi connectivity index (χ1) is 13.5. The number of hydrogen-bond donors (Lipinski definition) is 0. The van der Waals surface area contributed by atoms with Gasteiger partial charge < -0.3 is 14.4 Å². The maximum atomic E-state index is 14.0. The number of halogens is 5. The van der Waals surface area contributed by atoms with E-state index in [0.717, 1.165) is 18.3 Å². The number of carbonyl (C=O) groups excluding carboxylic acids is 1. The highest BCUT2D eigenvalue weighted by Crippen LogP contribution is 2.33. The van der Waals surface area contributed by atoms with E-state index in [9.17, 15) is 26.7 Å². The Balaban J connectivity index is 2.00. The van der Waals surface area contributed by atoms with E-state index < -0.39 is 35.9 Å². The molecule has 1 aromatic carbocycles. The van der Waals surface area contributed by atoms with Crippen molar-refractivity contribution in [3.63, 3.8) is 0 Å². The molecule has 0 N–H and O–H groups in total. The Labute approximate surface area is 163 Å². The molecule has 1 amide bonds. The minimum absolute atomic E-state index is 0.0571. The third-order valence-electron chi connectivity index (χ3n) is 4.26. The maximum Gasteiger partial charge on any atom is 0.410 e. The summed E-state index contributed by atoms with van der Waals surface area (Å²) < 4.78 is 75.7. The second kappa shape index (κ2) is 7.84. The molecule has 1 atom stereocenters. The molecule has 3 rings (SSSR count). The number of rotatable bonds is 6. The van der Waals surface area contributed by atoms with Gasteiger partial charge in [0.15, 0.2) is 11.6 Å². The summed E-state index contributed by atoms with van der Waals surface area (Å²) in [6.07, 6.45) is 0.110. The highest BCUT2D eigenvalue weighted by molar-refractivity contribution is 5.70. The second-order valence-corrected chi connectivity index (χ2v) is 6.72. The van der Waals surface area contributed by atoms with Gasteiger partial charge >= 0.3 is 12.7 Å². The van der Waals surface area contributed by atoms with Crippen molar-refractivity contribution in [3.05, 3.63) is 47.5 Å². The van der Waals surface area contributed by atoms with Crippen LogP contribution in [0, 0.1) is 5.82 Å². The van der Waals surface area contributed by atoms with Gasteiger partial charge in [0.25, 0.3) is 5.92 Å². The van der Waals surface area contributed by atoms with Gasteiger partial charge in [-0.2, -0.15) is 17.6 Å². The summed E-state index contributed by atoms with van der Waals surface area (Å²) in [5, 5.41) is 0. The zero-order chi connectivity index (χ0) is 21.3. The van der Waals surface area contributed by atoms with E-state index >= 15 is 0 Å². The number of hydrogen-bond acceptors (Lipinski definition) is 4. The van der Waals surface area contributed by atoms with Crippen LogP contribution >= 0.6 is 0 Å². The van der Waals surface area contributed by atoms with Gasteiger partial charge in [-0.1, -0.05) is 6.07 Å². The lowest BCUT2D eigenvalue weighted by Gasteiger charge is -2.20. The number of carbonyl (C=O) groups is 1. The van der Waals surface area contributed by atoms with Gasteiger partial charge in [-0.3, -0.25) is 4.98 Å². The number of cyclic esters (lactones) is 1. The highest BCUT2D eigenvalue weighted by Gasteiger charge is 2.33. The second-order valence-electron chi connectivity index (χ2n) is 6.72. The number of aromatic nitrogens is 1. The molecule has 1 aliphatic rings. The smallest absolute Gasteiger partial charge is 0.410 e. The van der Waals surface area contributed by atoms with E-state index in [1.165, 1.54) is 17.0 Å². The van der Waals surface area contributed by atoms with Crippen LogP contribution in [0.3, 0.4) is 0 Å². The van der Waals surface area contributed by atoms with Gasteiger partial charge in [-0.25, -0.2) is 9.18 Å². The fourth-order valence-electron chi connectivity index (χ4n) is 3.06. The molecule has 1 saturated heterocycles. The fourth-order valence-corrected chi connectivity index (χ4v) is 3.06. The highest BCUT2D eigenvalue weighted by atomic mass is 19.3. The predicted molar refractivity (Wildman–Crippen MR) is 92.2 cm³/mol. The van der Waals surface area contributed by atoms with E-state index in [1.54, 1.807) is 6.92 Å². The van der Waals surface area contributed by atoms with Gasteiger partial charge in [0, 0.05) is 18.7 Å². The van der Waals surface area contributed by atoms with Gasteiger partial charge in [0.2, 0.25) is 0 Å². The number of nitrogens with zero attached hydrogens (tertiary/aromatic N) is 2. The lowest BCUT2D eigenvalue weighted by atomic mass is 10.0. The summed E-state index contributed by atoms with van der Waals surface area (Å²) >= 11 is 0. The number of pyridine rings is 1. The molecule has 5 nitrogen and oxygen atoms in total. The summed E-state index contributed by atoms with van der Waals surface area (Å²) in [5.74, 6) is -4.95. The molecular weight excluding hydrogens is 399 g/mol. The maximum absolute atomic E-state index is 14.0. The molecule has 1 fully saturated rings. The van der Waals surface area contributed by atoms with Crippen LogP contribution in [0.5, 0.6) is 5.75 Å². The molecule has 2 aromatic rings. The van der Waals surface area contributed by atoms with Crippen molar-refractivity contribution in [1.29, 1.82) is 0 Å². The third kappa shape index (κ3) is 4.75. The van der Waals surface area contributed by atoms with Gasteiger partial charge in [-0.15, -0.1) is 0 Å². The average molecular weight is 416 g/mol. The Morgan fingerprint density at radius 3 is 2.62 bits per heavy atom. The van der Waals surface area contributed by atoms with Crippen LogP contribution in [0.15, 0.2) is 30.5 Å². The number of amides is 1. The first-order valence-electron chi connectivity index (χ1n) is 8.62. The SMILES string of the molecule is C[C@H]1CN(Cc2cc(-c3ccc(F)c(OC(F)F)c3)cnc2C(C)(F)F)C(=O)O1. The van der Waals surface area contributed by atoms with Crippen molar-refractivity contribution in [1.82, 2.24) is 9.88 Å². The van der Waals surface area contributed by atoms with Crippen molar-refractivity contribution < 1.29 is 36.2 Å². The number of ether oxygens (including phenoxy) is 2. The molecule has 0 unspecified atom stereocenters. The minimum atomic E-state index is -3.28. The molecule has 2 heterocycles. The molecule has 156 valence electrons. The summed E-state index contributed by atoms with van der Waals surface area (Å²) in [5.41, 5.74) is 0.0355. The van der Waals surface area contributed by atoms with Crippen molar-refractivity contribution in [3.8, 4) is 16.9 Å². The summed E-state index contributed by atoms with van der Waals surface area (Å²) in [6.45, 7) is -0.830. The van der Waals surface area contributed by atoms with Gasteiger partial charge in [0.1, 0.15) is 11.8 Å². The quantitative estimate of drug-likeness (QED) is 0.626. The largest absolute Gasteiger partial charge is 0.444 e. The molecule has 29 heavy (non-hydrogen) atoms. The Morgan fingerprint density at radius 2 is 2.03 bits per heavy atom. The van der Waals surface area contributed by atoms with Crippen LogP contribution in [0.2, 0.25) is 0 Å². The molecule has 1 aromatic heterocycles. The fraction of sp³-hybridized carbons (Fsp3) is 0.368. The van der Waals surface area contributed by atoms with Crippen LogP contribution < -0.4 is 4.74 Å². The van der Waals surface area contributed by atoms with Crippen LogP contribution in [-0.2, 0) is 17.2 Å². The topological polar surface area (TPSA) is 51.7 Å². The van der Waals surface area contributed by atoms with Crippen LogP contribution in [-0.4, -0.2) is 35.2 Å². The van der Waals surface area contributed by atoms with E-state index in [4.69, 9.17) is 4.74 Å². The summed E-state index contributed by atoms with van der Waals surface area (Å²) in [6, 6.07) is 4.59. The van der Waals surface area contributed by atoms with Gasteiger partial charge in [0.05, 0.1) is 13.1 Å². The molecule has 1 aliphatic heterocycles. The third-order valence-corrected chi connectivity index (χ3v) is 4.26. The van der Waals surface area contributed by atoms with Crippen LogP contribution in [0.25, 0.3) is 11.1 Å². The first kappa shape index (κ1) is 20.8. The Bertz CT molecular complexity index is 917. The lowest BCUT2D eigenvalue weighted by molar-refractivity contribution is -0.0521. The number of alkyl halides is 4. The van der Waals surface area contributed by atoms with Crippen molar-refractivity contribution in [2.24, 2.45) is 0 Å². The molecular formula is C19H17F5N2O3. The summed E-state index contributed by atoms with van der Waals surface area (Å²) in [4.78, 5) is 16.9. The van der Waals surface area contributed by atoms with Crippen molar-refractivity contribution in [2.45, 2.75) is 39.0 Å². The van der Waals surface area contributed by atoms with Gasteiger partial charge in [-0.05, 0) is 36.2 Å². The monoisotopic (exact) mass is 416 g/mol.